The second kappa shape index (κ2) is 8.75. The van der Waals surface area contributed by atoms with Crippen LogP contribution in [0.3, 0.4) is 0 Å². The zero-order chi connectivity index (χ0) is 21.0. The summed E-state index contributed by atoms with van der Waals surface area (Å²) in [7, 11) is 3.57. The van der Waals surface area contributed by atoms with Gasteiger partial charge in [0.1, 0.15) is 5.75 Å². The van der Waals surface area contributed by atoms with E-state index in [4.69, 9.17) is 10.5 Å². The van der Waals surface area contributed by atoms with Gasteiger partial charge in [-0.25, -0.2) is 0 Å². The number of fused-ring (bicyclic) bond motifs is 1. The minimum absolute atomic E-state index is 0.121. The summed E-state index contributed by atoms with van der Waals surface area (Å²) < 4.78 is 5.27. The highest BCUT2D eigenvalue weighted by Gasteiger charge is 2.18. The number of anilines is 1. The minimum Gasteiger partial charge on any atom is -0.497 e. The van der Waals surface area contributed by atoms with E-state index in [0.29, 0.717) is 17.8 Å². The number of carbonyl (C=O) groups is 2. The lowest BCUT2D eigenvalue weighted by atomic mass is 10.1. The van der Waals surface area contributed by atoms with Gasteiger partial charge < -0.3 is 15.8 Å². The Morgan fingerprint density at radius 2 is 1.69 bits per heavy atom. The molecule has 6 nitrogen and oxygen atoms in total. The van der Waals surface area contributed by atoms with E-state index in [1.807, 2.05) is 37.1 Å². The Morgan fingerprint density at radius 3 is 2.34 bits per heavy atom. The van der Waals surface area contributed by atoms with Crippen molar-refractivity contribution in [1.29, 1.82) is 0 Å². The molecule has 0 aliphatic heterocycles. The van der Waals surface area contributed by atoms with Gasteiger partial charge in [-0.15, -0.1) is 0 Å². The van der Waals surface area contributed by atoms with Crippen LogP contribution < -0.4 is 15.8 Å². The Labute approximate surface area is 170 Å². The first kappa shape index (κ1) is 20.4. The third-order valence-electron chi connectivity index (χ3n) is 5.02. The molecule has 1 atom stereocenters. The molecule has 0 unspecified atom stereocenters. The van der Waals surface area contributed by atoms with Crippen molar-refractivity contribution in [3.05, 3.63) is 71.8 Å². The van der Waals surface area contributed by atoms with Crippen LogP contribution in [0.2, 0.25) is 0 Å². The first-order valence-electron chi connectivity index (χ1n) is 9.35. The van der Waals surface area contributed by atoms with Crippen molar-refractivity contribution in [1.82, 2.24) is 4.90 Å². The van der Waals surface area contributed by atoms with E-state index in [-0.39, 0.29) is 11.9 Å². The van der Waals surface area contributed by atoms with Gasteiger partial charge in [-0.3, -0.25) is 14.5 Å². The van der Waals surface area contributed by atoms with Gasteiger partial charge >= 0.3 is 0 Å². The average molecular weight is 391 g/mol. The second-order valence-electron chi connectivity index (χ2n) is 7.07. The number of methoxy groups -OCH3 is 1. The highest BCUT2D eigenvalue weighted by atomic mass is 16.5. The van der Waals surface area contributed by atoms with E-state index in [1.165, 1.54) is 0 Å². The number of likely N-dealkylation sites (N-methyl/N-ethyl adjacent to an activating group) is 1. The minimum atomic E-state index is -0.496. The summed E-state index contributed by atoms with van der Waals surface area (Å²) in [5.74, 6) is 0.214. The van der Waals surface area contributed by atoms with Crippen molar-refractivity contribution in [2.24, 2.45) is 5.73 Å². The molecule has 3 rings (SSSR count). The zero-order valence-electron chi connectivity index (χ0n) is 16.8. The van der Waals surface area contributed by atoms with Gasteiger partial charge in [-0.1, -0.05) is 18.2 Å². The molecule has 3 N–H and O–H groups in total. The second-order valence-corrected chi connectivity index (χ2v) is 7.07. The van der Waals surface area contributed by atoms with E-state index in [0.717, 1.165) is 22.1 Å². The van der Waals surface area contributed by atoms with Crippen molar-refractivity contribution in [3.63, 3.8) is 0 Å². The third-order valence-corrected chi connectivity index (χ3v) is 5.02. The van der Waals surface area contributed by atoms with Gasteiger partial charge in [0.15, 0.2) is 0 Å². The highest BCUT2D eigenvalue weighted by Crippen LogP contribution is 2.22. The van der Waals surface area contributed by atoms with E-state index in [2.05, 4.69) is 23.5 Å². The maximum absolute atomic E-state index is 12.6. The maximum Gasteiger partial charge on any atom is 0.248 e. The summed E-state index contributed by atoms with van der Waals surface area (Å²) in [6, 6.07) is 18.4. The quantitative estimate of drug-likeness (QED) is 0.646. The molecule has 0 spiro atoms. The van der Waals surface area contributed by atoms with Crippen LogP contribution in [0.5, 0.6) is 5.75 Å². The Kier molecular flexibility index (Phi) is 6.14. The summed E-state index contributed by atoms with van der Waals surface area (Å²) in [4.78, 5) is 25.7. The Hall–Kier alpha value is -3.38. The zero-order valence-corrected chi connectivity index (χ0v) is 16.8. The van der Waals surface area contributed by atoms with Crippen molar-refractivity contribution in [3.8, 4) is 5.75 Å². The average Bonchev–Trinajstić information content (AvgIpc) is 2.73. The van der Waals surface area contributed by atoms with E-state index in [9.17, 15) is 9.59 Å². The van der Waals surface area contributed by atoms with E-state index < -0.39 is 5.91 Å². The lowest BCUT2D eigenvalue weighted by Gasteiger charge is -2.24. The largest absolute Gasteiger partial charge is 0.497 e. The van der Waals surface area contributed by atoms with Crippen LogP contribution in [-0.4, -0.2) is 36.9 Å². The predicted molar refractivity (Wildman–Crippen MR) is 115 cm³/mol. The van der Waals surface area contributed by atoms with Crippen molar-refractivity contribution >= 4 is 28.3 Å². The number of ether oxygens (including phenoxy) is 1. The molecule has 2 amide bonds. The lowest BCUT2D eigenvalue weighted by molar-refractivity contribution is -0.120. The summed E-state index contributed by atoms with van der Waals surface area (Å²) in [6.45, 7) is 2.50. The summed E-state index contributed by atoms with van der Waals surface area (Å²) in [5.41, 5.74) is 7.39. The van der Waals surface area contributed by atoms with Crippen LogP contribution in [0, 0.1) is 0 Å². The smallest absolute Gasteiger partial charge is 0.248 e. The summed E-state index contributed by atoms with van der Waals surface area (Å²) in [6.07, 6.45) is 0. The number of nitrogens with two attached hydrogens (primary N) is 1. The van der Waals surface area contributed by atoms with Crippen LogP contribution in [0.15, 0.2) is 60.7 Å². The molecule has 0 saturated heterocycles. The monoisotopic (exact) mass is 391 g/mol. The standard InChI is InChI=1S/C23H25N3O3/c1-15(23(28)25-20-9-6-17(7-10-20)22(24)27)26(2)14-16-4-5-19-13-21(29-3)11-8-18(19)12-16/h4-13,15H,14H2,1-3H3,(H2,24,27)(H,25,28)/t15-/m1/s1. The van der Waals surface area contributed by atoms with Gasteiger partial charge in [0, 0.05) is 17.8 Å². The van der Waals surface area contributed by atoms with Crippen LogP contribution in [-0.2, 0) is 11.3 Å². The molecule has 0 bridgehead atoms. The maximum atomic E-state index is 12.6. The number of hydrogen-bond acceptors (Lipinski definition) is 4. The summed E-state index contributed by atoms with van der Waals surface area (Å²) >= 11 is 0. The molecular formula is C23H25N3O3. The van der Waals surface area contributed by atoms with E-state index in [1.54, 1.807) is 31.4 Å². The first-order valence-corrected chi connectivity index (χ1v) is 9.35. The van der Waals surface area contributed by atoms with Gasteiger partial charge in [0.05, 0.1) is 13.2 Å². The molecule has 0 heterocycles. The highest BCUT2D eigenvalue weighted by molar-refractivity contribution is 5.96. The fourth-order valence-electron chi connectivity index (χ4n) is 3.09. The molecule has 3 aromatic rings. The molecule has 6 heteroatoms. The van der Waals surface area contributed by atoms with E-state index >= 15 is 0 Å². The molecule has 29 heavy (non-hydrogen) atoms. The topological polar surface area (TPSA) is 84.7 Å². The number of nitrogens with one attached hydrogen (secondary N) is 1. The van der Waals surface area contributed by atoms with Crippen LogP contribution in [0.4, 0.5) is 5.69 Å². The normalized spacial score (nSPS) is 12.0. The van der Waals surface area contributed by atoms with Crippen LogP contribution in [0.25, 0.3) is 10.8 Å². The van der Waals surface area contributed by atoms with Crippen LogP contribution >= 0.6 is 0 Å². The SMILES string of the molecule is COc1ccc2cc(CN(C)[C@H](C)C(=O)Nc3ccc(C(N)=O)cc3)ccc2c1. The van der Waals surface area contributed by atoms with Crippen molar-refractivity contribution in [2.75, 3.05) is 19.5 Å². The Bertz CT molecular complexity index is 1030. The number of rotatable bonds is 7. The number of nitrogens with zero attached hydrogens (tertiary/aromatic N) is 1. The molecule has 0 aromatic heterocycles. The Balaban J connectivity index is 1.64. The molecule has 0 fully saturated rings. The number of hydrogen-bond donors (Lipinski definition) is 2. The molecule has 0 radical (unpaired) electrons. The van der Waals surface area contributed by atoms with Crippen molar-refractivity contribution < 1.29 is 14.3 Å². The molecule has 150 valence electrons. The van der Waals surface area contributed by atoms with Gasteiger partial charge in [0.2, 0.25) is 11.8 Å². The molecule has 3 aromatic carbocycles. The third kappa shape index (κ3) is 4.92. The molecule has 0 aliphatic carbocycles. The molecular weight excluding hydrogens is 366 g/mol. The lowest BCUT2D eigenvalue weighted by Crippen LogP contribution is -2.39. The van der Waals surface area contributed by atoms with Crippen molar-refractivity contribution in [2.45, 2.75) is 19.5 Å². The van der Waals surface area contributed by atoms with Gasteiger partial charge in [-0.2, -0.15) is 0 Å². The fourth-order valence-corrected chi connectivity index (χ4v) is 3.09. The predicted octanol–water partition coefficient (Wildman–Crippen LogP) is 3.41. The Morgan fingerprint density at radius 1 is 1.03 bits per heavy atom. The molecule has 0 aliphatic rings. The molecule has 0 saturated carbocycles. The van der Waals surface area contributed by atoms with Gasteiger partial charge in [-0.05, 0) is 72.8 Å². The number of primary amides is 1. The first-order chi connectivity index (χ1) is 13.9. The summed E-state index contributed by atoms with van der Waals surface area (Å²) in [5, 5.41) is 5.11. The number of carbonyl (C=O) groups excluding carboxylic acids is 2. The van der Waals surface area contributed by atoms with Gasteiger partial charge in [0.25, 0.3) is 0 Å². The number of amides is 2. The fraction of sp³-hybridized carbons (Fsp3) is 0.217. The van der Waals surface area contributed by atoms with Crippen LogP contribution in [0.1, 0.15) is 22.8 Å². The number of benzene rings is 3.